The van der Waals surface area contributed by atoms with E-state index in [-0.39, 0.29) is 17.9 Å². The number of nitrogens with one attached hydrogen (secondary N) is 1. The molecule has 8 rings (SSSR count). The average molecular weight is 613 g/mol. The number of benzene rings is 3. The molecule has 2 aliphatic rings. The molecule has 230 valence electrons. The van der Waals surface area contributed by atoms with Gasteiger partial charge in [-0.2, -0.15) is 0 Å². The molecule has 1 aliphatic carbocycles. The predicted molar refractivity (Wildman–Crippen MR) is 178 cm³/mol. The number of fused-ring (bicyclic) bond motifs is 2. The highest BCUT2D eigenvalue weighted by Crippen LogP contribution is 2.41. The molecule has 2 fully saturated rings. The van der Waals surface area contributed by atoms with Gasteiger partial charge in [-0.3, -0.25) is 14.2 Å². The summed E-state index contributed by atoms with van der Waals surface area (Å²) in [4.78, 5) is 36.6. The number of pyridine rings is 2. The van der Waals surface area contributed by atoms with E-state index in [2.05, 4.69) is 9.97 Å². The van der Waals surface area contributed by atoms with Crippen LogP contribution in [0.2, 0.25) is 0 Å². The third kappa shape index (κ3) is 4.90. The lowest BCUT2D eigenvalue weighted by atomic mass is 9.96. The van der Waals surface area contributed by atoms with Crippen LogP contribution in [0.5, 0.6) is 0 Å². The monoisotopic (exact) mass is 612 g/mol. The van der Waals surface area contributed by atoms with Gasteiger partial charge < -0.3 is 15.0 Å². The lowest BCUT2D eigenvalue weighted by molar-refractivity contribution is 0.0724. The maximum atomic E-state index is 15.3. The van der Waals surface area contributed by atoms with Gasteiger partial charge in [-0.05, 0) is 108 Å². The van der Waals surface area contributed by atoms with Crippen LogP contribution < -0.4 is 5.56 Å². The van der Waals surface area contributed by atoms with E-state index in [9.17, 15) is 14.7 Å². The Morgan fingerprint density at radius 1 is 0.957 bits per heavy atom. The van der Waals surface area contributed by atoms with Gasteiger partial charge in [0.1, 0.15) is 11.5 Å². The van der Waals surface area contributed by atoms with Crippen molar-refractivity contribution < 1.29 is 14.3 Å². The van der Waals surface area contributed by atoms with E-state index in [1.54, 1.807) is 24.5 Å². The second-order valence-corrected chi connectivity index (χ2v) is 12.4. The van der Waals surface area contributed by atoms with Crippen molar-refractivity contribution in [1.82, 2.24) is 19.4 Å². The number of aromatic nitrogens is 3. The molecule has 0 spiro atoms. The van der Waals surface area contributed by atoms with Crippen LogP contribution in [-0.2, 0) is 6.61 Å². The Morgan fingerprint density at radius 2 is 1.76 bits per heavy atom. The number of carbonyl (C=O) groups is 1. The van der Waals surface area contributed by atoms with Crippen LogP contribution in [0.15, 0.2) is 90.0 Å². The summed E-state index contributed by atoms with van der Waals surface area (Å²) in [6.07, 6.45) is 8.74. The van der Waals surface area contributed by atoms with Gasteiger partial charge in [-0.25, -0.2) is 9.37 Å². The van der Waals surface area contributed by atoms with E-state index < -0.39 is 11.4 Å². The molecule has 1 saturated carbocycles. The van der Waals surface area contributed by atoms with Crippen molar-refractivity contribution in [3.05, 3.63) is 118 Å². The predicted octanol–water partition coefficient (Wildman–Crippen LogP) is 7.34. The van der Waals surface area contributed by atoms with Gasteiger partial charge >= 0.3 is 0 Å². The Morgan fingerprint density at radius 3 is 2.52 bits per heavy atom. The van der Waals surface area contributed by atoms with Crippen molar-refractivity contribution in [3.63, 3.8) is 0 Å². The van der Waals surface area contributed by atoms with Crippen molar-refractivity contribution in [3.8, 4) is 28.1 Å². The number of halogens is 1. The number of nitrogens with zero attached hydrogens (tertiary/aromatic N) is 3. The summed E-state index contributed by atoms with van der Waals surface area (Å²) in [5.74, 6) is -0.0715. The first-order valence-electron chi connectivity index (χ1n) is 16.0. The molecule has 3 aromatic carbocycles. The van der Waals surface area contributed by atoms with E-state index >= 15 is 4.39 Å². The number of aromatic amines is 1. The number of amides is 1. The Hall–Kier alpha value is -5.08. The first-order chi connectivity index (χ1) is 22.5. The van der Waals surface area contributed by atoms with Crippen LogP contribution in [0.1, 0.15) is 59.5 Å². The molecule has 0 unspecified atom stereocenters. The summed E-state index contributed by atoms with van der Waals surface area (Å²) in [7, 11) is 0. The van der Waals surface area contributed by atoms with Crippen LogP contribution in [0, 0.1) is 5.82 Å². The van der Waals surface area contributed by atoms with Gasteiger partial charge in [0.2, 0.25) is 0 Å². The topological polar surface area (TPSA) is 91.2 Å². The lowest BCUT2D eigenvalue weighted by Crippen LogP contribution is -2.35. The summed E-state index contributed by atoms with van der Waals surface area (Å²) < 4.78 is 16.7. The second-order valence-electron chi connectivity index (χ2n) is 12.4. The highest BCUT2D eigenvalue weighted by atomic mass is 19.1. The summed E-state index contributed by atoms with van der Waals surface area (Å²) in [6, 6.07) is 22.2. The first-order valence-corrected chi connectivity index (χ1v) is 16.0. The zero-order valence-corrected chi connectivity index (χ0v) is 25.3. The lowest BCUT2D eigenvalue weighted by Gasteiger charge is -2.26. The van der Waals surface area contributed by atoms with Crippen molar-refractivity contribution in [2.75, 3.05) is 13.1 Å². The molecule has 7 nitrogen and oxygen atoms in total. The van der Waals surface area contributed by atoms with E-state index in [0.717, 1.165) is 72.1 Å². The average Bonchev–Trinajstić information content (AvgIpc) is 3.86. The molecule has 6 aromatic rings. The Bertz CT molecular complexity index is 2190. The van der Waals surface area contributed by atoms with Crippen molar-refractivity contribution >= 4 is 27.7 Å². The minimum atomic E-state index is -0.514. The molecule has 0 atom stereocenters. The molecule has 46 heavy (non-hydrogen) atoms. The molecule has 0 radical (unpaired) electrons. The third-order valence-electron chi connectivity index (χ3n) is 9.50. The Kier molecular flexibility index (Phi) is 7.02. The van der Waals surface area contributed by atoms with Gasteiger partial charge in [0.05, 0.1) is 17.7 Å². The number of piperidine rings is 1. The van der Waals surface area contributed by atoms with Crippen LogP contribution >= 0.6 is 0 Å². The van der Waals surface area contributed by atoms with E-state index in [0.29, 0.717) is 33.8 Å². The minimum absolute atomic E-state index is 0.0476. The number of aliphatic hydroxyl groups excluding tert-OH is 1. The summed E-state index contributed by atoms with van der Waals surface area (Å²) in [6.45, 7) is 1.29. The zero-order chi connectivity index (χ0) is 31.4. The van der Waals surface area contributed by atoms with Crippen molar-refractivity contribution in [2.24, 2.45) is 0 Å². The van der Waals surface area contributed by atoms with Crippen LogP contribution in [0.3, 0.4) is 0 Å². The number of likely N-dealkylation sites (tertiary alicyclic amines) is 1. The summed E-state index contributed by atoms with van der Waals surface area (Å²) in [5.41, 5.74) is 6.22. The fourth-order valence-electron chi connectivity index (χ4n) is 6.90. The number of hydrogen-bond donors (Lipinski definition) is 2. The number of carbonyl (C=O) groups excluding carboxylic acids is 1. The fourth-order valence-corrected chi connectivity index (χ4v) is 6.90. The van der Waals surface area contributed by atoms with Crippen LogP contribution in [-0.4, -0.2) is 43.5 Å². The first kappa shape index (κ1) is 28.4. The molecular formula is C38H33FN4O3. The smallest absolute Gasteiger partial charge is 0.265 e. The maximum absolute atomic E-state index is 15.3. The third-order valence-corrected chi connectivity index (χ3v) is 9.50. The highest BCUT2D eigenvalue weighted by Gasteiger charge is 2.26. The molecule has 0 bridgehead atoms. The van der Waals surface area contributed by atoms with Crippen molar-refractivity contribution in [1.29, 1.82) is 0 Å². The van der Waals surface area contributed by atoms with Gasteiger partial charge in [0.25, 0.3) is 11.5 Å². The van der Waals surface area contributed by atoms with Crippen LogP contribution in [0.25, 0.3) is 49.9 Å². The maximum Gasteiger partial charge on any atom is 0.265 e. The zero-order valence-electron chi connectivity index (χ0n) is 25.3. The second kappa shape index (κ2) is 11.4. The highest BCUT2D eigenvalue weighted by molar-refractivity contribution is 5.98. The Balaban J connectivity index is 1.17. The molecule has 1 aliphatic heterocycles. The summed E-state index contributed by atoms with van der Waals surface area (Å²) in [5, 5.41) is 12.1. The molecule has 8 heteroatoms. The fraction of sp³-hybridized carbons (Fsp3) is 0.237. The van der Waals surface area contributed by atoms with Crippen LogP contribution in [0.4, 0.5) is 4.39 Å². The molecule has 4 heterocycles. The number of H-pyrrole nitrogens is 1. The normalized spacial score (nSPS) is 15.1. The molecular weight excluding hydrogens is 579 g/mol. The SMILES string of the molecule is O=C(c1ccc(-c2cc3c(-c4cccc(-n5ccc6cc(C7CC7)cc(F)c6c5=O)c4CO)ccnc3[nH]2)cc1)N1CCCCC1. The van der Waals surface area contributed by atoms with E-state index in [4.69, 9.17) is 0 Å². The molecule has 3 aromatic heterocycles. The molecule has 1 amide bonds. The Labute approximate surface area is 265 Å². The largest absolute Gasteiger partial charge is 0.392 e. The number of aliphatic hydroxyl groups is 1. The summed E-state index contributed by atoms with van der Waals surface area (Å²) >= 11 is 0. The van der Waals surface area contributed by atoms with Gasteiger partial charge in [0.15, 0.2) is 0 Å². The number of hydrogen-bond acceptors (Lipinski definition) is 4. The standard InChI is InChI=1S/C38H33FN4O3/c39-32-20-27(23-7-8-23)19-26-14-18-43(38(46)35(26)32)34-6-4-5-28(31(34)22-44)29-13-15-40-36-30(29)21-33(41-36)24-9-11-25(12-10-24)37(45)42-16-2-1-3-17-42/h4-6,9-15,18-21,23,44H,1-3,7-8,16-17,22H2,(H,40,41). The van der Waals surface area contributed by atoms with E-state index in [1.807, 2.05) is 59.5 Å². The molecule has 2 N–H and O–H groups in total. The number of rotatable bonds is 6. The quantitative estimate of drug-likeness (QED) is 0.206. The van der Waals surface area contributed by atoms with Crippen molar-refractivity contribution in [2.45, 2.75) is 44.6 Å². The van der Waals surface area contributed by atoms with Gasteiger partial charge in [-0.15, -0.1) is 0 Å². The van der Waals surface area contributed by atoms with Gasteiger partial charge in [0, 0.05) is 47.7 Å². The molecule has 1 saturated heterocycles. The van der Waals surface area contributed by atoms with E-state index in [1.165, 1.54) is 17.1 Å². The van der Waals surface area contributed by atoms with Gasteiger partial charge in [-0.1, -0.05) is 30.3 Å². The minimum Gasteiger partial charge on any atom is -0.392 e.